The molecule has 2 rings (SSSR count). The van der Waals surface area contributed by atoms with E-state index in [-0.39, 0.29) is 11.5 Å². The molecule has 94 valence electrons. The van der Waals surface area contributed by atoms with Crippen LogP contribution < -0.4 is 5.32 Å². The van der Waals surface area contributed by atoms with Crippen LogP contribution in [0.5, 0.6) is 0 Å². The smallest absolute Gasteiger partial charge is 0.223 e. The normalized spacial score (nSPS) is 10.4. The quantitative estimate of drug-likeness (QED) is 0.908. The first-order valence-corrected chi connectivity index (χ1v) is 5.64. The molecule has 18 heavy (non-hydrogen) atoms. The van der Waals surface area contributed by atoms with Crippen molar-refractivity contribution < 1.29 is 8.78 Å². The van der Waals surface area contributed by atoms with E-state index in [1.54, 1.807) is 13.0 Å². The zero-order valence-corrected chi connectivity index (χ0v) is 10.2. The first-order valence-electron chi connectivity index (χ1n) is 5.64. The Balaban J connectivity index is 2.48. The van der Waals surface area contributed by atoms with E-state index < -0.39 is 5.82 Å². The molecule has 0 saturated heterocycles. The van der Waals surface area contributed by atoms with Crippen LogP contribution in [0.4, 0.5) is 14.7 Å². The summed E-state index contributed by atoms with van der Waals surface area (Å²) in [6.45, 7) is 4.17. The predicted octanol–water partition coefficient (Wildman–Crippen LogP) is 3.16. The monoisotopic (exact) mass is 249 g/mol. The molecule has 5 heteroatoms. The number of nitrogens with one attached hydrogen (secondary N) is 1. The fraction of sp³-hybridized carbons (Fsp3) is 0.231. The third-order valence-corrected chi connectivity index (χ3v) is 2.51. The summed E-state index contributed by atoms with van der Waals surface area (Å²) in [6.07, 6.45) is 1.11. The Morgan fingerprint density at radius 2 is 2.00 bits per heavy atom. The van der Waals surface area contributed by atoms with Crippen molar-refractivity contribution in [3.8, 4) is 11.3 Å². The van der Waals surface area contributed by atoms with Crippen molar-refractivity contribution in [1.29, 1.82) is 0 Å². The van der Waals surface area contributed by atoms with Crippen LogP contribution in [0.2, 0.25) is 0 Å². The lowest BCUT2D eigenvalue weighted by Crippen LogP contribution is -2.04. The van der Waals surface area contributed by atoms with Gasteiger partial charge in [-0.2, -0.15) is 0 Å². The lowest BCUT2D eigenvalue weighted by molar-refractivity contribution is 0.614. The van der Waals surface area contributed by atoms with Crippen LogP contribution in [0.15, 0.2) is 24.4 Å². The van der Waals surface area contributed by atoms with E-state index in [4.69, 9.17) is 0 Å². The molecule has 0 amide bonds. The van der Waals surface area contributed by atoms with Gasteiger partial charge in [0.2, 0.25) is 5.95 Å². The lowest BCUT2D eigenvalue weighted by Gasteiger charge is -2.07. The summed E-state index contributed by atoms with van der Waals surface area (Å²) in [5.74, 6) is -0.487. The summed E-state index contributed by atoms with van der Waals surface area (Å²) in [5, 5.41) is 2.91. The van der Waals surface area contributed by atoms with Gasteiger partial charge in [0.05, 0.1) is 6.20 Å². The number of aromatic nitrogens is 2. The molecule has 0 atom stereocenters. The molecule has 1 aromatic heterocycles. The Hall–Kier alpha value is -2.04. The highest BCUT2D eigenvalue weighted by molar-refractivity contribution is 5.61. The molecule has 3 nitrogen and oxygen atoms in total. The highest BCUT2D eigenvalue weighted by Crippen LogP contribution is 2.23. The Morgan fingerprint density at radius 3 is 2.67 bits per heavy atom. The minimum atomic E-state index is -0.525. The van der Waals surface area contributed by atoms with Crippen molar-refractivity contribution in [2.45, 2.75) is 13.8 Å². The van der Waals surface area contributed by atoms with Crippen LogP contribution in [0, 0.1) is 18.6 Å². The molecule has 1 aromatic carbocycles. The minimum absolute atomic E-state index is 0.170. The molecule has 0 radical (unpaired) electrons. The maximum Gasteiger partial charge on any atom is 0.223 e. The van der Waals surface area contributed by atoms with E-state index in [0.717, 1.165) is 6.20 Å². The SMILES string of the molecule is CCNc1ncc(F)c(-c2ccc(F)c(C)c2)n1. The van der Waals surface area contributed by atoms with Gasteiger partial charge >= 0.3 is 0 Å². The molecule has 1 N–H and O–H groups in total. The Kier molecular flexibility index (Phi) is 3.50. The van der Waals surface area contributed by atoms with Crippen LogP contribution in [-0.2, 0) is 0 Å². The lowest BCUT2D eigenvalue weighted by atomic mass is 10.1. The molecule has 0 fully saturated rings. The van der Waals surface area contributed by atoms with E-state index in [1.807, 2.05) is 6.92 Å². The molecule has 0 unspecified atom stereocenters. The number of hydrogen-bond acceptors (Lipinski definition) is 3. The van der Waals surface area contributed by atoms with Gasteiger partial charge in [-0.05, 0) is 37.6 Å². The summed E-state index contributed by atoms with van der Waals surface area (Å²) in [7, 11) is 0. The van der Waals surface area contributed by atoms with Gasteiger partial charge < -0.3 is 5.32 Å². The van der Waals surface area contributed by atoms with Crippen molar-refractivity contribution in [1.82, 2.24) is 9.97 Å². The molecular weight excluding hydrogens is 236 g/mol. The zero-order chi connectivity index (χ0) is 13.1. The Morgan fingerprint density at radius 1 is 1.22 bits per heavy atom. The minimum Gasteiger partial charge on any atom is -0.354 e. The molecule has 1 heterocycles. The second kappa shape index (κ2) is 5.08. The number of rotatable bonds is 3. The first kappa shape index (κ1) is 12.4. The summed E-state index contributed by atoms with van der Waals surface area (Å²) in [6, 6.07) is 4.37. The number of halogens is 2. The summed E-state index contributed by atoms with van der Waals surface area (Å²) in [4.78, 5) is 7.91. The van der Waals surface area contributed by atoms with Gasteiger partial charge in [-0.3, -0.25) is 0 Å². The molecule has 2 aromatic rings. The molecule has 0 aliphatic rings. The van der Waals surface area contributed by atoms with E-state index in [2.05, 4.69) is 15.3 Å². The average Bonchev–Trinajstić information content (AvgIpc) is 2.35. The van der Waals surface area contributed by atoms with Crippen molar-refractivity contribution in [2.24, 2.45) is 0 Å². The van der Waals surface area contributed by atoms with Crippen LogP contribution in [-0.4, -0.2) is 16.5 Å². The third kappa shape index (κ3) is 2.45. The van der Waals surface area contributed by atoms with E-state index in [9.17, 15) is 8.78 Å². The molecule has 0 spiro atoms. The maximum absolute atomic E-state index is 13.7. The van der Waals surface area contributed by atoms with E-state index >= 15 is 0 Å². The summed E-state index contributed by atoms with van der Waals surface area (Å²) >= 11 is 0. The van der Waals surface area contributed by atoms with Gasteiger partial charge in [0.15, 0.2) is 5.82 Å². The number of anilines is 1. The molecule has 0 saturated carbocycles. The number of aryl methyl sites for hydroxylation is 1. The van der Waals surface area contributed by atoms with Crippen LogP contribution in [0.3, 0.4) is 0 Å². The summed E-state index contributed by atoms with van der Waals surface area (Å²) in [5.41, 5.74) is 1.16. The molecule has 0 bridgehead atoms. The molecule has 0 aliphatic carbocycles. The van der Waals surface area contributed by atoms with E-state index in [1.165, 1.54) is 12.1 Å². The second-order valence-corrected chi connectivity index (χ2v) is 3.88. The van der Waals surface area contributed by atoms with Crippen LogP contribution >= 0.6 is 0 Å². The third-order valence-electron chi connectivity index (χ3n) is 2.51. The summed E-state index contributed by atoms with van der Waals surface area (Å²) < 4.78 is 26.9. The average molecular weight is 249 g/mol. The van der Waals surface area contributed by atoms with Gasteiger partial charge in [-0.1, -0.05) is 0 Å². The molecular formula is C13H13F2N3. The number of hydrogen-bond donors (Lipinski definition) is 1. The highest BCUT2D eigenvalue weighted by Gasteiger charge is 2.10. The van der Waals surface area contributed by atoms with Crippen molar-refractivity contribution in [3.05, 3.63) is 41.6 Å². The second-order valence-electron chi connectivity index (χ2n) is 3.88. The van der Waals surface area contributed by atoms with Gasteiger partial charge in [-0.15, -0.1) is 0 Å². The van der Waals surface area contributed by atoms with Gasteiger partial charge in [0.25, 0.3) is 0 Å². The fourth-order valence-electron chi connectivity index (χ4n) is 1.60. The predicted molar refractivity (Wildman–Crippen MR) is 66.3 cm³/mol. The van der Waals surface area contributed by atoms with Crippen LogP contribution in [0.1, 0.15) is 12.5 Å². The Bertz CT molecular complexity index is 570. The molecule has 0 aliphatic heterocycles. The Labute approximate surface area is 104 Å². The highest BCUT2D eigenvalue weighted by atomic mass is 19.1. The fourth-order valence-corrected chi connectivity index (χ4v) is 1.60. The van der Waals surface area contributed by atoms with Crippen molar-refractivity contribution in [3.63, 3.8) is 0 Å². The maximum atomic E-state index is 13.7. The van der Waals surface area contributed by atoms with Gasteiger partial charge in [0, 0.05) is 12.1 Å². The number of benzene rings is 1. The van der Waals surface area contributed by atoms with Crippen molar-refractivity contribution in [2.75, 3.05) is 11.9 Å². The van der Waals surface area contributed by atoms with Gasteiger partial charge in [0.1, 0.15) is 11.5 Å². The van der Waals surface area contributed by atoms with Gasteiger partial charge in [-0.25, -0.2) is 18.7 Å². The largest absolute Gasteiger partial charge is 0.354 e. The standard InChI is InChI=1S/C13H13F2N3/c1-3-16-13-17-7-11(15)12(18-13)9-4-5-10(14)8(2)6-9/h4-7H,3H2,1-2H3,(H,16,17,18). The zero-order valence-electron chi connectivity index (χ0n) is 10.2. The number of nitrogens with zero attached hydrogens (tertiary/aromatic N) is 2. The first-order chi connectivity index (χ1) is 8.61. The van der Waals surface area contributed by atoms with Crippen molar-refractivity contribution >= 4 is 5.95 Å². The van der Waals surface area contributed by atoms with E-state index in [0.29, 0.717) is 23.6 Å². The topological polar surface area (TPSA) is 37.8 Å². The van der Waals surface area contributed by atoms with Crippen LogP contribution in [0.25, 0.3) is 11.3 Å².